The standard InChI is InChI=1S/C24H24N4O4/c1-2-31-23(30)22(29)27-14-16-28(17-15-27)24-25-13-12-21(26-24)18-8-10-20(11-9-18)32-19-6-4-3-5-7-19/h3-13H,2,14-17H2,1H3. The average Bonchev–Trinajstić information content (AvgIpc) is 2.85. The Labute approximate surface area is 186 Å². The van der Waals surface area contributed by atoms with Gasteiger partial charge in [-0.2, -0.15) is 0 Å². The van der Waals surface area contributed by atoms with E-state index in [1.54, 1.807) is 13.1 Å². The van der Waals surface area contributed by atoms with Crippen LogP contribution in [0.1, 0.15) is 6.92 Å². The molecule has 2 aromatic carbocycles. The summed E-state index contributed by atoms with van der Waals surface area (Å²) in [7, 11) is 0. The molecule has 1 fully saturated rings. The van der Waals surface area contributed by atoms with Gasteiger partial charge in [-0.1, -0.05) is 18.2 Å². The molecule has 1 aliphatic heterocycles. The van der Waals surface area contributed by atoms with Gasteiger partial charge in [0.2, 0.25) is 5.95 Å². The van der Waals surface area contributed by atoms with E-state index in [0.717, 1.165) is 22.8 Å². The van der Waals surface area contributed by atoms with Crippen molar-refractivity contribution in [2.75, 3.05) is 37.7 Å². The number of nitrogens with zero attached hydrogens (tertiary/aromatic N) is 4. The number of esters is 1. The van der Waals surface area contributed by atoms with Crippen LogP contribution < -0.4 is 9.64 Å². The number of hydrogen-bond donors (Lipinski definition) is 0. The summed E-state index contributed by atoms with van der Waals surface area (Å²) in [6.45, 7) is 3.77. The number of ether oxygens (including phenoxy) is 2. The number of para-hydroxylation sites is 1. The fourth-order valence-corrected chi connectivity index (χ4v) is 3.41. The molecule has 4 rings (SSSR count). The fraction of sp³-hybridized carbons (Fsp3) is 0.250. The zero-order valence-electron chi connectivity index (χ0n) is 17.8. The Kier molecular flexibility index (Phi) is 6.60. The minimum absolute atomic E-state index is 0.185. The molecule has 1 amide bonds. The van der Waals surface area contributed by atoms with Crippen LogP contribution in [0.25, 0.3) is 11.3 Å². The van der Waals surface area contributed by atoms with E-state index in [-0.39, 0.29) is 6.61 Å². The Balaban J connectivity index is 1.40. The lowest BCUT2D eigenvalue weighted by Crippen LogP contribution is -2.51. The molecule has 1 aromatic heterocycles. The molecule has 164 valence electrons. The fourth-order valence-electron chi connectivity index (χ4n) is 3.41. The minimum Gasteiger partial charge on any atom is -0.459 e. The molecule has 3 aromatic rings. The van der Waals surface area contributed by atoms with Gasteiger partial charge in [-0.05, 0) is 49.4 Å². The summed E-state index contributed by atoms with van der Waals surface area (Å²) in [5.41, 5.74) is 1.75. The second-order valence-corrected chi connectivity index (χ2v) is 7.18. The van der Waals surface area contributed by atoms with Crippen LogP contribution in [-0.4, -0.2) is 59.5 Å². The van der Waals surface area contributed by atoms with E-state index in [2.05, 4.69) is 4.98 Å². The van der Waals surface area contributed by atoms with Gasteiger partial charge in [-0.3, -0.25) is 4.79 Å². The number of carbonyl (C=O) groups excluding carboxylic acids is 2. The van der Waals surface area contributed by atoms with Crippen LogP contribution in [0.2, 0.25) is 0 Å². The molecule has 32 heavy (non-hydrogen) atoms. The molecule has 0 radical (unpaired) electrons. The summed E-state index contributed by atoms with van der Waals surface area (Å²) in [6, 6.07) is 19.2. The predicted molar refractivity (Wildman–Crippen MR) is 119 cm³/mol. The van der Waals surface area contributed by atoms with Crippen molar-refractivity contribution < 1.29 is 19.1 Å². The number of aromatic nitrogens is 2. The monoisotopic (exact) mass is 432 g/mol. The van der Waals surface area contributed by atoms with Gasteiger partial charge in [0.05, 0.1) is 12.3 Å². The Morgan fingerprint density at radius 1 is 0.906 bits per heavy atom. The zero-order chi connectivity index (χ0) is 22.3. The molecule has 1 aliphatic rings. The molecule has 0 N–H and O–H groups in total. The molecule has 0 aliphatic carbocycles. The first-order valence-corrected chi connectivity index (χ1v) is 10.5. The highest BCUT2D eigenvalue weighted by Crippen LogP contribution is 2.25. The SMILES string of the molecule is CCOC(=O)C(=O)N1CCN(c2nccc(-c3ccc(Oc4ccccc4)cc3)n2)CC1. The van der Waals surface area contributed by atoms with Crippen LogP contribution in [0.5, 0.6) is 11.5 Å². The zero-order valence-corrected chi connectivity index (χ0v) is 17.8. The van der Waals surface area contributed by atoms with E-state index in [0.29, 0.717) is 32.1 Å². The van der Waals surface area contributed by atoms with Crippen molar-refractivity contribution >= 4 is 17.8 Å². The quantitative estimate of drug-likeness (QED) is 0.452. The predicted octanol–water partition coefficient (Wildman–Crippen LogP) is 3.15. The summed E-state index contributed by atoms with van der Waals surface area (Å²) < 4.78 is 10.6. The smallest absolute Gasteiger partial charge is 0.397 e. The van der Waals surface area contributed by atoms with E-state index < -0.39 is 11.9 Å². The molecule has 0 bridgehead atoms. The maximum atomic E-state index is 12.1. The number of benzene rings is 2. The number of carbonyl (C=O) groups is 2. The molecular weight excluding hydrogens is 408 g/mol. The maximum absolute atomic E-state index is 12.1. The van der Waals surface area contributed by atoms with Crippen molar-refractivity contribution in [3.63, 3.8) is 0 Å². The normalized spacial score (nSPS) is 13.5. The van der Waals surface area contributed by atoms with Gasteiger partial charge in [-0.15, -0.1) is 0 Å². The molecule has 0 saturated carbocycles. The third-order valence-electron chi connectivity index (χ3n) is 5.07. The van der Waals surface area contributed by atoms with Crippen molar-refractivity contribution in [1.82, 2.24) is 14.9 Å². The lowest BCUT2D eigenvalue weighted by atomic mass is 10.1. The second kappa shape index (κ2) is 9.91. The molecule has 8 heteroatoms. The van der Waals surface area contributed by atoms with Crippen molar-refractivity contribution in [3.05, 3.63) is 66.9 Å². The first-order valence-electron chi connectivity index (χ1n) is 10.5. The topological polar surface area (TPSA) is 84.9 Å². The summed E-state index contributed by atoms with van der Waals surface area (Å²) in [5.74, 6) is 0.718. The van der Waals surface area contributed by atoms with Gasteiger partial charge in [0.1, 0.15) is 11.5 Å². The van der Waals surface area contributed by atoms with E-state index >= 15 is 0 Å². The molecule has 0 unspecified atom stereocenters. The molecule has 2 heterocycles. The van der Waals surface area contributed by atoms with Crippen molar-refractivity contribution in [3.8, 4) is 22.8 Å². The first kappa shape index (κ1) is 21.3. The van der Waals surface area contributed by atoms with Crippen molar-refractivity contribution in [2.24, 2.45) is 0 Å². The average molecular weight is 432 g/mol. The number of amides is 1. The summed E-state index contributed by atoms with van der Waals surface area (Å²) in [4.78, 5) is 36.4. The maximum Gasteiger partial charge on any atom is 0.397 e. The van der Waals surface area contributed by atoms with Gasteiger partial charge in [0.15, 0.2) is 0 Å². The third-order valence-corrected chi connectivity index (χ3v) is 5.07. The third kappa shape index (κ3) is 5.03. The number of anilines is 1. The highest BCUT2D eigenvalue weighted by atomic mass is 16.5. The Morgan fingerprint density at radius 2 is 1.59 bits per heavy atom. The van der Waals surface area contributed by atoms with Crippen LogP contribution in [0, 0.1) is 0 Å². The Bertz CT molecular complexity index is 1060. The van der Waals surface area contributed by atoms with E-state index in [4.69, 9.17) is 14.5 Å². The molecule has 8 nitrogen and oxygen atoms in total. The summed E-state index contributed by atoms with van der Waals surface area (Å²) in [5, 5.41) is 0. The van der Waals surface area contributed by atoms with Crippen LogP contribution in [0.3, 0.4) is 0 Å². The number of rotatable bonds is 5. The van der Waals surface area contributed by atoms with E-state index in [1.807, 2.05) is 65.6 Å². The lowest BCUT2D eigenvalue weighted by molar-refractivity contribution is -0.160. The summed E-state index contributed by atoms with van der Waals surface area (Å²) in [6.07, 6.45) is 1.72. The van der Waals surface area contributed by atoms with Gasteiger partial charge in [-0.25, -0.2) is 14.8 Å². The van der Waals surface area contributed by atoms with Gasteiger partial charge in [0, 0.05) is 37.9 Å². The minimum atomic E-state index is -0.807. The summed E-state index contributed by atoms with van der Waals surface area (Å²) >= 11 is 0. The highest BCUT2D eigenvalue weighted by molar-refractivity contribution is 6.32. The molecular formula is C24H24N4O4. The molecule has 0 atom stereocenters. The first-order chi connectivity index (χ1) is 15.6. The van der Waals surface area contributed by atoms with Gasteiger partial charge < -0.3 is 19.3 Å². The Morgan fingerprint density at radius 3 is 2.28 bits per heavy atom. The van der Waals surface area contributed by atoms with E-state index in [1.165, 1.54) is 4.90 Å². The second-order valence-electron chi connectivity index (χ2n) is 7.18. The van der Waals surface area contributed by atoms with Crippen LogP contribution in [0.4, 0.5) is 5.95 Å². The van der Waals surface area contributed by atoms with Crippen molar-refractivity contribution in [1.29, 1.82) is 0 Å². The largest absolute Gasteiger partial charge is 0.459 e. The van der Waals surface area contributed by atoms with Crippen molar-refractivity contribution in [2.45, 2.75) is 6.92 Å². The van der Waals surface area contributed by atoms with Crippen LogP contribution >= 0.6 is 0 Å². The van der Waals surface area contributed by atoms with Gasteiger partial charge in [0.25, 0.3) is 0 Å². The Hall–Kier alpha value is -3.94. The molecule has 1 saturated heterocycles. The van der Waals surface area contributed by atoms with Gasteiger partial charge >= 0.3 is 11.9 Å². The lowest BCUT2D eigenvalue weighted by Gasteiger charge is -2.34. The van der Waals surface area contributed by atoms with Crippen LogP contribution in [-0.2, 0) is 14.3 Å². The number of hydrogen-bond acceptors (Lipinski definition) is 7. The highest BCUT2D eigenvalue weighted by Gasteiger charge is 2.27. The molecule has 0 spiro atoms. The number of piperazine rings is 1. The van der Waals surface area contributed by atoms with Crippen LogP contribution in [0.15, 0.2) is 66.9 Å². The van der Waals surface area contributed by atoms with E-state index in [9.17, 15) is 9.59 Å².